The van der Waals surface area contributed by atoms with Crippen LogP contribution < -0.4 is 5.32 Å². The van der Waals surface area contributed by atoms with Crippen LogP contribution in [0.5, 0.6) is 0 Å². The number of nitrogens with one attached hydrogen (secondary N) is 1. The Kier molecular flexibility index (Phi) is 5.02. The van der Waals surface area contributed by atoms with Gasteiger partial charge in [-0.3, -0.25) is 4.79 Å². The number of amides is 1. The summed E-state index contributed by atoms with van der Waals surface area (Å²) in [7, 11) is 0. The van der Waals surface area contributed by atoms with Crippen molar-refractivity contribution in [1.29, 1.82) is 5.26 Å². The van der Waals surface area contributed by atoms with Crippen LogP contribution >= 0.6 is 23.1 Å². The number of nitriles is 1. The molecule has 1 N–H and O–H groups in total. The average Bonchev–Trinajstić information content (AvgIpc) is 2.90. The fourth-order valence-electron chi connectivity index (χ4n) is 2.33. The molecule has 5 nitrogen and oxygen atoms in total. The number of thiophene rings is 1. The SMILES string of the molecule is Cc1sc2ncnc(S[C@H](C)C(=O)Nc3ccc(C#N)cc3)c2c1C. The first-order chi connectivity index (χ1) is 12.0. The highest BCUT2D eigenvalue weighted by atomic mass is 32.2. The van der Waals surface area contributed by atoms with E-state index in [1.807, 2.05) is 6.92 Å². The van der Waals surface area contributed by atoms with E-state index in [1.54, 1.807) is 41.9 Å². The monoisotopic (exact) mass is 368 g/mol. The van der Waals surface area contributed by atoms with Crippen molar-refractivity contribution in [2.75, 3.05) is 5.32 Å². The summed E-state index contributed by atoms with van der Waals surface area (Å²) in [5.74, 6) is -0.105. The van der Waals surface area contributed by atoms with E-state index in [4.69, 9.17) is 5.26 Å². The molecule has 0 spiro atoms. The van der Waals surface area contributed by atoms with Crippen LogP contribution in [0.4, 0.5) is 5.69 Å². The van der Waals surface area contributed by atoms with Crippen molar-refractivity contribution >= 4 is 44.9 Å². The molecule has 0 radical (unpaired) electrons. The number of fused-ring (bicyclic) bond motifs is 1. The molecule has 0 unspecified atom stereocenters. The number of carbonyl (C=O) groups excluding carboxylic acids is 1. The van der Waals surface area contributed by atoms with E-state index >= 15 is 0 Å². The van der Waals surface area contributed by atoms with Crippen LogP contribution in [-0.2, 0) is 4.79 Å². The molecule has 0 fully saturated rings. The zero-order chi connectivity index (χ0) is 18.0. The lowest BCUT2D eigenvalue weighted by Gasteiger charge is -2.12. The molecular weight excluding hydrogens is 352 g/mol. The van der Waals surface area contributed by atoms with Crippen LogP contribution in [0.2, 0.25) is 0 Å². The predicted molar refractivity (Wildman–Crippen MR) is 102 cm³/mol. The lowest BCUT2D eigenvalue weighted by atomic mass is 10.2. The summed E-state index contributed by atoms with van der Waals surface area (Å²) in [6.07, 6.45) is 1.55. The summed E-state index contributed by atoms with van der Waals surface area (Å²) < 4.78 is 0. The molecule has 0 aliphatic rings. The maximum atomic E-state index is 12.5. The molecule has 0 aliphatic heterocycles. The number of aromatic nitrogens is 2. The van der Waals surface area contributed by atoms with Crippen molar-refractivity contribution in [2.45, 2.75) is 31.0 Å². The number of hydrogen-bond acceptors (Lipinski definition) is 6. The lowest BCUT2D eigenvalue weighted by Crippen LogP contribution is -2.22. The molecule has 0 saturated carbocycles. The third kappa shape index (κ3) is 3.65. The number of rotatable bonds is 4. The minimum atomic E-state index is -0.312. The van der Waals surface area contributed by atoms with E-state index in [-0.39, 0.29) is 11.2 Å². The van der Waals surface area contributed by atoms with Gasteiger partial charge in [0, 0.05) is 16.0 Å². The van der Waals surface area contributed by atoms with Gasteiger partial charge in [0.25, 0.3) is 0 Å². The van der Waals surface area contributed by atoms with Crippen molar-refractivity contribution in [1.82, 2.24) is 9.97 Å². The Balaban J connectivity index is 1.76. The van der Waals surface area contributed by atoms with Crippen LogP contribution in [0.3, 0.4) is 0 Å². The highest BCUT2D eigenvalue weighted by Crippen LogP contribution is 2.36. The Labute approximate surface area is 154 Å². The molecule has 1 amide bonds. The van der Waals surface area contributed by atoms with Gasteiger partial charge in [0.05, 0.1) is 16.9 Å². The van der Waals surface area contributed by atoms with Crippen LogP contribution in [0, 0.1) is 25.2 Å². The summed E-state index contributed by atoms with van der Waals surface area (Å²) in [6.45, 7) is 5.98. The Hall–Kier alpha value is -2.43. The highest BCUT2D eigenvalue weighted by molar-refractivity contribution is 8.00. The van der Waals surface area contributed by atoms with Gasteiger partial charge < -0.3 is 5.32 Å². The van der Waals surface area contributed by atoms with Crippen LogP contribution in [-0.4, -0.2) is 21.1 Å². The topological polar surface area (TPSA) is 78.7 Å². The van der Waals surface area contributed by atoms with Crippen molar-refractivity contribution in [3.05, 3.63) is 46.6 Å². The molecule has 2 heterocycles. The molecule has 1 atom stereocenters. The van der Waals surface area contributed by atoms with Crippen LogP contribution in [0.15, 0.2) is 35.6 Å². The van der Waals surface area contributed by atoms with Crippen molar-refractivity contribution < 1.29 is 4.79 Å². The first-order valence-corrected chi connectivity index (χ1v) is 9.37. The molecule has 1 aromatic carbocycles. The second kappa shape index (κ2) is 7.21. The third-order valence-electron chi connectivity index (χ3n) is 3.87. The third-order valence-corrected chi connectivity index (χ3v) is 6.09. The number of thioether (sulfide) groups is 1. The molecule has 0 aliphatic carbocycles. The Bertz CT molecular complexity index is 973. The standard InChI is InChI=1S/C18H16N4OS2/c1-10-11(2)24-17-15(10)18(21-9-20-17)25-12(3)16(23)22-14-6-4-13(8-19)5-7-14/h4-7,9,12H,1-3H3,(H,22,23)/t12-/m1/s1. The van der Waals surface area contributed by atoms with Gasteiger partial charge in [-0.15, -0.1) is 11.3 Å². The molecule has 2 aromatic heterocycles. The zero-order valence-electron chi connectivity index (χ0n) is 14.0. The van der Waals surface area contributed by atoms with E-state index in [2.05, 4.69) is 35.2 Å². The van der Waals surface area contributed by atoms with E-state index < -0.39 is 0 Å². The summed E-state index contributed by atoms with van der Waals surface area (Å²) >= 11 is 3.07. The van der Waals surface area contributed by atoms with Crippen molar-refractivity contribution in [3.8, 4) is 6.07 Å². The minimum absolute atomic E-state index is 0.105. The molecule has 0 bridgehead atoms. The molecule has 3 rings (SSSR count). The zero-order valence-corrected chi connectivity index (χ0v) is 15.7. The maximum absolute atomic E-state index is 12.5. The molecule has 126 valence electrons. The van der Waals surface area contributed by atoms with Gasteiger partial charge in [-0.25, -0.2) is 9.97 Å². The molecule has 7 heteroatoms. The van der Waals surface area contributed by atoms with Crippen LogP contribution in [0.25, 0.3) is 10.2 Å². The number of nitrogens with zero attached hydrogens (tertiary/aromatic N) is 3. The lowest BCUT2D eigenvalue weighted by molar-refractivity contribution is -0.115. The molecule has 0 saturated heterocycles. The summed E-state index contributed by atoms with van der Waals surface area (Å²) in [5, 5.41) is 13.2. The van der Waals surface area contributed by atoms with Gasteiger partial charge in [-0.2, -0.15) is 5.26 Å². The van der Waals surface area contributed by atoms with Crippen molar-refractivity contribution in [2.24, 2.45) is 0 Å². The summed E-state index contributed by atoms with van der Waals surface area (Å²) in [5.41, 5.74) is 2.40. The predicted octanol–water partition coefficient (Wildman–Crippen LogP) is 4.30. The van der Waals surface area contributed by atoms with E-state index in [0.717, 1.165) is 15.2 Å². The van der Waals surface area contributed by atoms with E-state index in [9.17, 15) is 4.79 Å². The molecular formula is C18H16N4OS2. The number of hydrogen-bond donors (Lipinski definition) is 1. The number of anilines is 1. The first kappa shape index (κ1) is 17.4. The second-order valence-corrected chi connectivity index (χ2v) is 8.11. The molecule has 25 heavy (non-hydrogen) atoms. The Morgan fingerprint density at radius 1 is 1.28 bits per heavy atom. The smallest absolute Gasteiger partial charge is 0.237 e. The minimum Gasteiger partial charge on any atom is -0.325 e. The van der Waals surface area contributed by atoms with Crippen molar-refractivity contribution in [3.63, 3.8) is 0 Å². The highest BCUT2D eigenvalue weighted by Gasteiger charge is 2.19. The van der Waals surface area contributed by atoms with Gasteiger partial charge in [0.1, 0.15) is 16.2 Å². The van der Waals surface area contributed by atoms with Gasteiger partial charge in [-0.1, -0.05) is 11.8 Å². The molecule has 3 aromatic rings. The quantitative estimate of drug-likeness (QED) is 0.549. The summed E-state index contributed by atoms with van der Waals surface area (Å²) in [4.78, 5) is 23.3. The Morgan fingerprint density at radius 3 is 2.68 bits per heavy atom. The number of benzene rings is 1. The first-order valence-electron chi connectivity index (χ1n) is 7.68. The van der Waals surface area contributed by atoms with E-state index in [1.165, 1.54) is 22.2 Å². The fourth-order valence-corrected chi connectivity index (χ4v) is 4.37. The number of aryl methyl sites for hydroxylation is 2. The van der Waals surface area contributed by atoms with Gasteiger partial charge in [-0.05, 0) is 50.6 Å². The summed E-state index contributed by atoms with van der Waals surface area (Å²) in [6, 6.07) is 8.87. The van der Waals surface area contributed by atoms with Gasteiger partial charge in [0.2, 0.25) is 5.91 Å². The number of carbonyl (C=O) groups is 1. The van der Waals surface area contributed by atoms with Crippen LogP contribution in [0.1, 0.15) is 22.9 Å². The van der Waals surface area contributed by atoms with Gasteiger partial charge in [0.15, 0.2) is 0 Å². The second-order valence-electron chi connectivity index (χ2n) is 5.58. The van der Waals surface area contributed by atoms with Gasteiger partial charge >= 0.3 is 0 Å². The average molecular weight is 368 g/mol. The Morgan fingerprint density at radius 2 is 2.00 bits per heavy atom. The largest absolute Gasteiger partial charge is 0.325 e. The van der Waals surface area contributed by atoms with E-state index in [0.29, 0.717) is 11.3 Å². The fraction of sp³-hybridized carbons (Fsp3) is 0.222. The maximum Gasteiger partial charge on any atom is 0.237 e. The normalized spacial score (nSPS) is 11.9.